The third-order valence-corrected chi connectivity index (χ3v) is 4.06. The summed E-state index contributed by atoms with van der Waals surface area (Å²) in [4.78, 5) is 7.63. The predicted molar refractivity (Wildman–Crippen MR) is 100 cm³/mol. The van der Waals surface area contributed by atoms with Crippen LogP contribution in [0, 0.1) is 0 Å². The number of aromatic amines is 1. The number of para-hydroxylation sites is 1. The summed E-state index contributed by atoms with van der Waals surface area (Å²) in [6.07, 6.45) is 2.84. The van der Waals surface area contributed by atoms with Crippen LogP contribution in [0.2, 0.25) is 5.02 Å². The Bertz CT molecular complexity index is 872. The lowest BCUT2D eigenvalue weighted by molar-refractivity contribution is 0.415. The number of fused-ring (bicyclic) bond motifs is 1. The summed E-state index contributed by atoms with van der Waals surface area (Å²) in [7, 11) is 1.58. The Labute approximate surface area is 145 Å². The number of hydrogen-bond donors (Lipinski definition) is 3. The van der Waals surface area contributed by atoms with Crippen molar-refractivity contribution in [3.8, 4) is 5.75 Å². The van der Waals surface area contributed by atoms with E-state index in [-0.39, 0.29) is 0 Å². The van der Waals surface area contributed by atoms with Crippen molar-refractivity contribution >= 4 is 34.2 Å². The van der Waals surface area contributed by atoms with E-state index in [1.165, 1.54) is 10.9 Å². The number of nitrogens with two attached hydrogens (primary N) is 1. The number of ether oxygens (including phenoxy) is 1. The van der Waals surface area contributed by atoms with E-state index in [1.807, 2.05) is 24.4 Å². The zero-order chi connectivity index (χ0) is 16.9. The number of H-pyrrole nitrogens is 1. The molecule has 6 heteroatoms. The monoisotopic (exact) mass is 342 g/mol. The van der Waals surface area contributed by atoms with Gasteiger partial charge in [0.2, 0.25) is 0 Å². The molecule has 5 nitrogen and oxygen atoms in total. The van der Waals surface area contributed by atoms with Gasteiger partial charge in [-0.05, 0) is 36.2 Å². The zero-order valence-electron chi connectivity index (χ0n) is 13.3. The number of aliphatic imine (C=N–C) groups is 1. The van der Waals surface area contributed by atoms with Crippen LogP contribution in [0.3, 0.4) is 0 Å². The van der Waals surface area contributed by atoms with Crippen LogP contribution >= 0.6 is 11.6 Å². The fraction of sp³-hybridized carbons (Fsp3) is 0.167. The minimum Gasteiger partial charge on any atom is -0.495 e. The van der Waals surface area contributed by atoms with Gasteiger partial charge in [-0.3, -0.25) is 4.99 Å². The number of nitrogens with zero attached hydrogens (tertiary/aromatic N) is 1. The lowest BCUT2D eigenvalue weighted by atomic mass is 10.1. The minimum absolute atomic E-state index is 0.357. The van der Waals surface area contributed by atoms with Crippen LogP contribution in [-0.2, 0) is 6.42 Å². The number of nitrogens with one attached hydrogen (secondary N) is 2. The summed E-state index contributed by atoms with van der Waals surface area (Å²) in [5.41, 5.74) is 9.07. The molecule has 2 aromatic carbocycles. The minimum atomic E-state index is 0.357. The Hall–Kier alpha value is -2.66. The molecule has 0 fully saturated rings. The molecule has 124 valence electrons. The van der Waals surface area contributed by atoms with Crippen molar-refractivity contribution in [2.24, 2.45) is 10.7 Å². The van der Waals surface area contributed by atoms with Gasteiger partial charge in [-0.1, -0.05) is 29.8 Å². The molecule has 0 aliphatic carbocycles. The van der Waals surface area contributed by atoms with E-state index in [0.29, 0.717) is 23.3 Å². The molecule has 0 radical (unpaired) electrons. The Morgan fingerprint density at radius 1 is 1.29 bits per heavy atom. The Balaban J connectivity index is 1.61. The van der Waals surface area contributed by atoms with Crippen molar-refractivity contribution < 1.29 is 4.74 Å². The van der Waals surface area contributed by atoms with Crippen LogP contribution in [-0.4, -0.2) is 24.6 Å². The highest BCUT2D eigenvalue weighted by Gasteiger charge is 2.04. The Morgan fingerprint density at radius 2 is 2.12 bits per heavy atom. The molecule has 0 aliphatic heterocycles. The molecule has 0 saturated heterocycles. The molecule has 4 N–H and O–H groups in total. The second-order valence-corrected chi connectivity index (χ2v) is 5.76. The average molecular weight is 343 g/mol. The molecule has 0 bridgehead atoms. The summed E-state index contributed by atoms with van der Waals surface area (Å²) in [6, 6.07) is 13.6. The molecule has 24 heavy (non-hydrogen) atoms. The van der Waals surface area contributed by atoms with Gasteiger partial charge in [0.1, 0.15) is 5.75 Å². The van der Waals surface area contributed by atoms with Gasteiger partial charge in [-0.25, -0.2) is 0 Å². The van der Waals surface area contributed by atoms with Crippen LogP contribution in [0.5, 0.6) is 5.75 Å². The zero-order valence-corrected chi connectivity index (χ0v) is 14.1. The molecule has 0 atom stereocenters. The Kier molecular flexibility index (Phi) is 4.91. The maximum Gasteiger partial charge on any atom is 0.193 e. The van der Waals surface area contributed by atoms with Crippen molar-refractivity contribution in [2.75, 3.05) is 19.0 Å². The van der Waals surface area contributed by atoms with E-state index in [0.717, 1.165) is 17.6 Å². The predicted octanol–water partition coefficient (Wildman–Crippen LogP) is 3.80. The van der Waals surface area contributed by atoms with Crippen molar-refractivity contribution in [2.45, 2.75) is 6.42 Å². The van der Waals surface area contributed by atoms with E-state index in [9.17, 15) is 0 Å². The highest BCUT2D eigenvalue weighted by Crippen LogP contribution is 2.27. The van der Waals surface area contributed by atoms with E-state index >= 15 is 0 Å². The molecule has 0 saturated carbocycles. The molecule has 0 spiro atoms. The van der Waals surface area contributed by atoms with Crippen molar-refractivity contribution in [3.05, 3.63) is 59.2 Å². The summed E-state index contributed by atoms with van der Waals surface area (Å²) in [6.45, 7) is 0.602. The molecule has 0 amide bonds. The first-order valence-electron chi connectivity index (χ1n) is 7.63. The third-order valence-electron chi connectivity index (χ3n) is 3.76. The molecule has 1 aromatic heterocycles. The maximum atomic E-state index is 6.09. The van der Waals surface area contributed by atoms with Gasteiger partial charge in [0.15, 0.2) is 5.96 Å². The normalized spacial score (nSPS) is 11.7. The van der Waals surface area contributed by atoms with Crippen LogP contribution in [0.15, 0.2) is 53.7 Å². The third kappa shape index (κ3) is 3.63. The molecular weight excluding hydrogens is 324 g/mol. The Morgan fingerprint density at radius 3 is 2.92 bits per heavy atom. The molecule has 1 heterocycles. The van der Waals surface area contributed by atoms with Gasteiger partial charge in [-0.2, -0.15) is 0 Å². The van der Waals surface area contributed by atoms with E-state index < -0.39 is 0 Å². The SMILES string of the molecule is COc1ccc(NC(N)=NCCc2c[nH]c3ccccc23)cc1Cl. The number of rotatable bonds is 5. The summed E-state index contributed by atoms with van der Waals surface area (Å²) < 4.78 is 5.12. The molecule has 0 aliphatic rings. The van der Waals surface area contributed by atoms with Crippen LogP contribution in [0.1, 0.15) is 5.56 Å². The van der Waals surface area contributed by atoms with Gasteiger partial charge in [0.05, 0.1) is 12.1 Å². The molecular formula is C18H19ClN4O. The quantitative estimate of drug-likeness (QED) is 0.487. The van der Waals surface area contributed by atoms with Gasteiger partial charge < -0.3 is 20.8 Å². The van der Waals surface area contributed by atoms with Crippen LogP contribution < -0.4 is 15.8 Å². The number of methoxy groups -OCH3 is 1. The fourth-order valence-electron chi connectivity index (χ4n) is 2.57. The van der Waals surface area contributed by atoms with Crippen molar-refractivity contribution in [1.82, 2.24) is 4.98 Å². The largest absolute Gasteiger partial charge is 0.495 e. The summed E-state index contributed by atoms with van der Waals surface area (Å²) in [5.74, 6) is 0.980. The highest BCUT2D eigenvalue weighted by molar-refractivity contribution is 6.32. The number of anilines is 1. The number of halogens is 1. The maximum absolute atomic E-state index is 6.09. The number of aromatic nitrogens is 1. The second-order valence-electron chi connectivity index (χ2n) is 5.35. The summed E-state index contributed by atoms with van der Waals surface area (Å²) in [5, 5.41) is 4.78. The number of benzene rings is 2. The van der Waals surface area contributed by atoms with Crippen LogP contribution in [0.4, 0.5) is 5.69 Å². The van der Waals surface area contributed by atoms with Crippen molar-refractivity contribution in [3.63, 3.8) is 0 Å². The van der Waals surface area contributed by atoms with Gasteiger partial charge in [0.25, 0.3) is 0 Å². The molecule has 3 aromatic rings. The second kappa shape index (κ2) is 7.27. The van der Waals surface area contributed by atoms with E-state index in [2.05, 4.69) is 27.4 Å². The van der Waals surface area contributed by atoms with E-state index in [1.54, 1.807) is 19.2 Å². The molecule has 3 rings (SSSR count). The lowest BCUT2D eigenvalue weighted by Crippen LogP contribution is -2.23. The first-order chi connectivity index (χ1) is 11.7. The van der Waals surface area contributed by atoms with E-state index in [4.69, 9.17) is 22.1 Å². The molecule has 0 unspecified atom stereocenters. The van der Waals surface area contributed by atoms with Gasteiger partial charge >= 0.3 is 0 Å². The first-order valence-corrected chi connectivity index (χ1v) is 8.00. The topological polar surface area (TPSA) is 75.4 Å². The van der Waals surface area contributed by atoms with Crippen LogP contribution in [0.25, 0.3) is 10.9 Å². The lowest BCUT2D eigenvalue weighted by Gasteiger charge is -2.08. The number of hydrogen-bond acceptors (Lipinski definition) is 2. The van der Waals surface area contributed by atoms with Gasteiger partial charge in [-0.15, -0.1) is 0 Å². The standard InChI is InChI=1S/C18H19ClN4O/c1-24-17-7-6-13(10-15(17)19)23-18(20)21-9-8-12-11-22-16-5-3-2-4-14(12)16/h2-7,10-11,22H,8-9H2,1H3,(H3,20,21,23). The van der Waals surface area contributed by atoms with Crippen molar-refractivity contribution in [1.29, 1.82) is 0 Å². The van der Waals surface area contributed by atoms with Gasteiger partial charge in [0, 0.05) is 29.3 Å². The summed E-state index contributed by atoms with van der Waals surface area (Å²) >= 11 is 6.09. The fourth-order valence-corrected chi connectivity index (χ4v) is 2.82. The average Bonchev–Trinajstić information content (AvgIpc) is 2.98. The highest BCUT2D eigenvalue weighted by atomic mass is 35.5. The smallest absolute Gasteiger partial charge is 0.193 e. The number of guanidine groups is 1. The first kappa shape index (κ1) is 16.2.